The van der Waals surface area contributed by atoms with Gasteiger partial charge in [0.05, 0.1) is 24.1 Å². The zero-order chi connectivity index (χ0) is 20.4. The van der Waals surface area contributed by atoms with Crippen LogP contribution in [-0.2, 0) is 0 Å². The minimum Gasteiger partial charge on any atom is -0.493 e. The molecule has 4 rings (SSSR count). The number of carboxylic acid groups (broad SMARTS) is 1. The van der Waals surface area contributed by atoms with Crippen molar-refractivity contribution in [1.82, 2.24) is 4.98 Å². The summed E-state index contributed by atoms with van der Waals surface area (Å²) >= 11 is 0. The molecule has 0 unspecified atom stereocenters. The largest absolute Gasteiger partial charge is 0.493 e. The van der Waals surface area contributed by atoms with Crippen LogP contribution in [0, 0.1) is 6.92 Å². The van der Waals surface area contributed by atoms with Crippen molar-refractivity contribution < 1.29 is 14.6 Å². The van der Waals surface area contributed by atoms with Gasteiger partial charge in [-0.25, -0.2) is 4.79 Å². The molecule has 2 heterocycles. The van der Waals surface area contributed by atoms with Crippen molar-refractivity contribution in [3.63, 3.8) is 0 Å². The second-order valence-corrected chi connectivity index (χ2v) is 7.23. The molecule has 0 radical (unpaired) electrons. The molecule has 2 N–H and O–H groups in total. The van der Waals surface area contributed by atoms with Crippen molar-refractivity contribution in [3.05, 3.63) is 77.6 Å². The number of hydrogen-bond acceptors (Lipinski definition) is 5. The molecule has 1 aliphatic heterocycles. The number of aromatic carboxylic acids is 1. The van der Waals surface area contributed by atoms with Crippen LogP contribution in [0.3, 0.4) is 0 Å². The molecule has 1 aliphatic rings. The number of carboxylic acids is 1. The van der Waals surface area contributed by atoms with Gasteiger partial charge in [0.25, 0.3) is 0 Å². The van der Waals surface area contributed by atoms with E-state index in [9.17, 15) is 9.90 Å². The van der Waals surface area contributed by atoms with Crippen LogP contribution < -0.4 is 15.0 Å². The fourth-order valence-electron chi connectivity index (χ4n) is 3.52. The molecule has 1 aromatic heterocycles. The molecule has 0 saturated carbocycles. The van der Waals surface area contributed by atoms with E-state index < -0.39 is 5.97 Å². The first-order valence-electron chi connectivity index (χ1n) is 9.51. The van der Waals surface area contributed by atoms with Gasteiger partial charge < -0.3 is 20.1 Å². The third-order valence-electron chi connectivity index (χ3n) is 5.28. The number of pyridine rings is 1. The molecule has 148 valence electrons. The van der Waals surface area contributed by atoms with Crippen LogP contribution in [-0.4, -0.2) is 36.3 Å². The van der Waals surface area contributed by atoms with E-state index in [0.717, 1.165) is 22.7 Å². The van der Waals surface area contributed by atoms with Crippen molar-refractivity contribution in [3.8, 4) is 5.75 Å². The first-order chi connectivity index (χ1) is 14.0. The highest BCUT2D eigenvalue weighted by atomic mass is 16.5. The van der Waals surface area contributed by atoms with Gasteiger partial charge in [0.2, 0.25) is 0 Å². The Morgan fingerprint density at radius 3 is 2.72 bits per heavy atom. The summed E-state index contributed by atoms with van der Waals surface area (Å²) in [5.74, 6) is 0.0465. The Kier molecular flexibility index (Phi) is 5.08. The maximum atomic E-state index is 11.4. The van der Waals surface area contributed by atoms with Gasteiger partial charge in [-0.05, 0) is 31.2 Å². The molecule has 0 aliphatic carbocycles. The first-order valence-corrected chi connectivity index (χ1v) is 9.51. The van der Waals surface area contributed by atoms with Crippen LogP contribution >= 0.6 is 0 Å². The Labute approximate surface area is 169 Å². The van der Waals surface area contributed by atoms with Crippen molar-refractivity contribution in [2.75, 3.05) is 30.4 Å². The molecule has 3 aromatic rings. The van der Waals surface area contributed by atoms with E-state index in [1.807, 2.05) is 7.05 Å². The molecular formula is C23H23N3O3. The third kappa shape index (κ3) is 3.87. The summed E-state index contributed by atoms with van der Waals surface area (Å²) in [6, 6.07) is 16.1. The lowest BCUT2D eigenvalue weighted by atomic mass is 10.0. The molecule has 0 fully saturated rings. The highest BCUT2D eigenvalue weighted by Gasteiger charge is 2.25. The number of aromatic nitrogens is 1. The summed E-state index contributed by atoms with van der Waals surface area (Å²) in [7, 11) is 2.04. The van der Waals surface area contributed by atoms with Gasteiger partial charge >= 0.3 is 5.97 Å². The Hall–Kier alpha value is -3.54. The van der Waals surface area contributed by atoms with Crippen LogP contribution in [0.5, 0.6) is 5.75 Å². The summed E-state index contributed by atoms with van der Waals surface area (Å²) in [6.45, 7) is 3.21. The summed E-state index contributed by atoms with van der Waals surface area (Å²) in [5.41, 5.74) is 5.26. The number of nitrogens with one attached hydrogen (secondary N) is 1. The predicted molar refractivity (Wildman–Crippen MR) is 114 cm³/mol. The minimum atomic E-state index is -0.971. The smallest absolute Gasteiger partial charge is 0.337 e. The van der Waals surface area contributed by atoms with Gasteiger partial charge in [0, 0.05) is 48.7 Å². The number of anilines is 3. The Bertz CT molecular complexity index is 1030. The number of fused-ring (bicyclic) bond motifs is 1. The highest BCUT2D eigenvalue weighted by Crippen LogP contribution is 2.38. The molecule has 2 aromatic carbocycles. The van der Waals surface area contributed by atoms with E-state index in [2.05, 4.69) is 64.6 Å². The van der Waals surface area contributed by atoms with Gasteiger partial charge in [-0.15, -0.1) is 0 Å². The molecule has 29 heavy (non-hydrogen) atoms. The van der Waals surface area contributed by atoms with E-state index in [1.54, 1.807) is 6.20 Å². The van der Waals surface area contributed by atoms with E-state index in [0.29, 0.717) is 18.8 Å². The topological polar surface area (TPSA) is 74.7 Å². The maximum absolute atomic E-state index is 11.4. The summed E-state index contributed by atoms with van der Waals surface area (Å²) in [4.78, 5) is 17.5. The standard InChI is InChI=1S/C23H23N3O3/c1-15-3-5-17(6-4-15)26(2)18-7-8-19-16(14-29-22(19)11-18)12-25-21-13-24-10-9-20(21)23(27)28/h3-11,13,16,25H,12,14H2,1-2H3,(H,27,28)/t16-/m1/s1. The van der Waals surface area contributed by atoms with Crippen molar-refractivity contribution in [2.45, 2.75) is 12.8 Å². The molecule has 6 heteroatoms. The normalized spacial score (nSPS) is 14.8. The van der Waals surface area contributed by atoms with E-state index >= 15 is 0 Å². The van der Waals surface area contributed by atoms with Gasteiger partial charge in [-0.1, -0.05) is 23.8 Å². The maximum Gasteiger partial charge on any atom is 0.337 e. The molecule has 0 saturated heterocycles. The second kappa shape index (κ2) is 7.83. The lowest BCUT2D eigenvalue weighted by Gasteiger charge is -2.20. The molecule has 0 bridgehead atoms. The van der Waals surface area contributed by atoms with Crippen molar-refractivity contribution in [1.29, 1.82) is 0 Å². The zero-order valence-electron chi connectivity index (χ0n) is 16.4. The summed E-state index contributed by atoms with van der Waals surface area (Å²) in [5, 5.41) is 12.5. The van der Waals surface area contributed by atoms with Crippen molar-refractivity contribution >= 4 is 23.0 Å². The minimum absolute atomic E-state index is 0.144. The Morgan fingerprint density at radius 2 is 1.97 bits per heavy atom. The van der Waals surface area contributed by atoms with Crippen LogP contribution in [0.25, 0.3) is 0 Å². The van der Waals surface area contributed by atoms with Crippen LogP contribution in [0.2, 0.25) is 0 Å². The first kappa shape index (κ1) is 18.8. The molecule has 6 nitrogen and oxygen atoms in total. The number of benzene rings is 2. The second-order valence-electron chi connectivity index (χ2n) is 7.23. The number of carbonyl (C=O) groups is 1. The number of ether oxygens (including phenoxy) is 1. The van der Waals surface area contributed by atoms with E-state index in [1.165, 1.54) is 17.8 Å². The summed E-state index contributed by atoms with van der Waals surface area (Å²) in [6.07, 6.45) is 3.02. The molecule has 0 amide bonds. The van der Waals surface area contributed by atoms with Gasteiger partial charge in [0.15, 0.2) is 0 Å². The average Bonchev–Trinajstić information content (AvgIpc) is 3.14. The zero-order valence-corrected chi connectivity index (χ0v) is 16.4. The number of hydrogen-bond donors (Lipinski definition) is 2. The average molecular weight is 389 g/mol. The van der Waals surface area contributed by atoms with E-state index in [4.69, 9.17) is 4.74 Å². The molecule has 0 spiro atoms. The summed E-state index contributed by atoms with van der Waals surface area (Å²) < 4.78 is 5.92. The van der Waals surface area contributed by atoms with Crippen LogP contribution in [0.4, 0.5) is 17.1 Å². The molecular weight excluding hydrogens is 366 g/mol. The monoisotopic (exact) mass is 389 g/mol. The highest BCUT2D eigenvalue weighted by molar-refractivity contribution is 5.93. The van der Waals surface area contributed by atoms with E-state index in [-0.39, 0.29) is 11.5 Å². The quantitative estimate of drug-likeness (QED) is 0.649. The fourth-order valence-corrected chi connectivity index (χ4v) is 3.52. The van der Waals surface area contributed by atoms with Crippen LogP contribution in [0.15, 0.2) is 60.9 Å². The predicted octanol–water partition coefficient (Wildman–Crippen LogP) is 4.44. The van der Waals surface area contributed by atoms with Crippen molar-refractivity contribution in [2.24, 2.45) is 0 Å². The fraction of sp³-hybridized carbons (Fsp3) is 0.217. The lowest BCUT2D eigenvalue weighted by molar-refractivity contribution is 0.0698. The lowest BCUT2D eigenvalue weighted by Crippen LogP contribution is -2.16. The number of rotatable bonds is 6. The third-order valence-corrected chi connectivity index (χ3v) is 5.28. The molecule has 1 atom stereocenters. The Balaban J connectivity index is 1.49. The van der Waals surface area contributed by atoms with Crippen LogP contribution in [0.1, 0.15) is 27.4 Å². The number of nitrogens with zero attached hydrogens (tertiary/aromatic N) is 2. The SMILES string of the molecule is Cc1ccc(N(C)c2ccc3c(c2)OC[C@H]3CNc2cnccc2C(=O)O)cc1. The number of aryl methyl sites for hydroxylation is 1. The van der Waals surface area contributed by atoms with Gasteiger partial charge in [-0.3, -0.25) is 4.98 Å². The van der Waals surface area contributed by atoms with Gasteiger partial charge in [0.1, 0.15) is 5.75 Å². The van der Waals surface area contributed by atoms with Gasteiger partial charge in [-0.2, -0.15) is 0 Å². The Morgan fingerprint density at radius 1 is 1.21 bits per heavy atom.